The fraction of sp³-hybridized carbons (Fsp3) is 0.387. The molecule has 43 heavy (non-hydrogen) atoms. The van der Waals surface area contributed by atoms with E-state index in [1.54, 1.807) is 47.2 Å². The maximum atomic E-state index is 15.8. The predicted octanol–water partition coefficient (Wildman–Crippen LogP) is 4.07. The standard InChI is InChI=1S/C31H33FN6O5/c1-4-7-26-24(28(39)37(29-33-17-34-38(26)29)20-14-21(15-20)42-16-31(2,3)41)12-19-11-10-18(13-25(19)32)22-8-5-6-9-23(22)27-35-30(40)43-36-27/h5-6,8-11,13,17,20-21,41H,4,7,12,14-16H2,1-3H3,(H,35,36,40)/t20-,21+. The molecule has 1 saturated carbocycles. The molecule has 11 nitrogen and oxygen atoms in total. The minimum Gasteiger partial charge on any atom is -0.388 e. The number of hydrogen-bond acceptors (Lipinski definition) is 8. The van der Waals surface area contributed by atoms with Gasteiger partial charge in [0.1, 0.15) is 12.1 Å². The largest absolute Gasteiger partial charge is 0.439 e. The van der Waals surface area contributed by atoms with Crippen molar-refractivity contribution in [3.05, 3.63) is 92.3 Å². The van der Waals surface area contributed by atoms with Crippen LogP contribution in [0.2, 0.25) is 0 Å². The van der Waals surface area contributed by atoms with Crippen LogP contribution in [0.15, 0.2) is 62.9 Å². The lowest BCUT2D eigenvalue weighted by Gasteiger charge is -2.37. The molecule has 1 fully saturated rings. The Balaban J connectivity index is 1.34. The van der Waals surface area contributed by atoms with Gasteiger partial charge in [0.05, 0.1) is 24.0 Å². The van der Waals surface area contributed by atoms with Crippen LogP contribution in [0.3, 0.4) is 0 Å². The van der Waals surface area contributed by atoms with Gasteiger partial charge in [-0.1, -0.05) is 54.9 Å². The zero-order valence-electron chi connectivity index (χ0n) is 24.2. The Morgan fingerprint density at radius 1 is 1.16 bits per heavy atom. The van der Waals surface area contributed by atoms with Gasteiger partial charge in [-0.05, 0) is 55.9 Å². The molecule has 2 aromatic carbocycles. The first-order chi connectivity index (χ1) is 20.6. The number of aryl methyl sites for hydroxylation is 1. The van der Waals surface area contributed by atoms with Crippen molar-refractivity contribution in [1.29, 1.82) is 0 Å². The Kier molecular flexibility index (Phi) is 7.57. The van der Waals surface area contributed by atoms with Gasteiger partial charge in [-0.3, -0.25) is 18.9 Å². The third kappa shape index (κ3) is 5.67. The number of aliphatic hydroxyl groups is 1. The van der Waals surface area contributed by atoms with E-state index in [0.29, 0.717) is 58.6 Å². The maximum absolute atomic E-state index is 15.8. The van der Waals surface area contributed by atoms with Crippen LogP contribution in [0.5, 0.6) is 0 Å². The highest BCUT2D eigenvalue weighted by atomic mass is 19.1. The summed E-state index contributed by atoms with van der Waals surface area (Å²) in [7, 11) is 0. The molecule has 1 aliphatic rings. The van der Waals surface area contributed by atoms with Crippen molar-refractivity contribution >= 4 is 5.78 Å². The number of aromatic nitrogens is 6. The molecule has 6 rings (SSSR count). The predicted molar refractivity (Wildman–Crippen MR) is 156 cm³/mol. The van der Waals surface area contributed by atoms with Gasteiger partial charge in [0, 0.05) is 23.6 Å². The summed E-state index contributed by atoms with van der Waals surface area (Å²) in [6, 6.07) is 11.9. The average molecular weight is 589 g/mol. The van der Waals surface area contributed by atoms with Crippen molar-refractivity contribution < 1.29 is 18.8 Å². The summed E-state index contributed by atoms with van der Waals surface area (Å²) in [5.74, 6) is -0.429. The molecule has 3 heterocycles. The first kappa shape index (κ1) is 28.7. The third-order valence-electron chi connectivity index (χ3n) is 7.77. The highest BCUT2D eigenvalue weighted by Gasteiger charge is 2.35. The van der Waals surface area contributed by atoms with Gasteiger partial charge < -0.3 is 9.84 Å². The molecule has 0 amide bonds. The van der Waals surface area contributed by atoms with Gasteiger partial charge in [0.2, 0.25) is 5.78 Å². The smallest absolute Gasteiger partial charge is 0.388 e. The topological polar surface area (TPSA) is 141 Å². The Morgan fingerprint density at radius 2 is 1.93 bits per heavy atom. The van der Waals surface area contributed by atoms with E-state index in [0.717, 1.165) is 6.42 Å². The fourth-order valence-electron chi connectivity index (χ4n) is 5.62. The number of rotatable bonds is 10. The molecule has 0 spiro atoms. The number of fused-ring (bicyclic) bond motifs is 1. The normalized spacial score (nSPS) is 17.0. The molecule has 12 heteroatoms. The molecular weight excluding hydrogens is 555 g/mol. The molecule has 1 aliphatic carbocycles. The number of halogens is 1. The van der Waals surface area contributed by atoms with Crippen molar-refractivity contribution in [2.45, 2.75) is 70.6 Å². The second kappa shape index (κ2) is 11.3. The lowest BCUT2D eigenvalue weighted by molar-refractivity contribution is -0.0894. The van der Waals surface area contributed by atoms with Crippen LogP contribution < -0.4 is 11.3 Å². The Bertz CT molecular complexity index is 1890. The quantitative estimate of drug-likeness (QED) is 0.249. The van der Waals surface area contributed by atoms with E-state index in [1.165, 1.54) is 12.4 Å². The van der Waals surface area contributed by atoms with Gasteiger partial charge >= 0.3 is 5.76 Å². The maximum Gasteiger partial charge on any atom is 0.439 e. The van der Waals surface area contributed by atoms with Crippen molar-refractivity contribution in [3.63, 3.8) is 0 Å². The zero-order valence-corrected chi connectivity index (χ0v) is 24.2. The van der Waals surface area contributed by atoms with Gasteiger partial charge in [-0.25, -0.2) is 13.7 Å². The number of aromatic amines is 1. The fourth-order valence-corrected chi connectivity index (χ4v) is 5.62. The number of nitrogens with one attached hydrogen (secondary N) is 1. The van der Waals surface area contributed by atoms with E-state index in [9.17, 15) is 14.7 Å². The molecule has 0 bridgehead atoms. The zero-order chi connectivity index (χ0) is 30.3. The number of hydrogen-bond donors (Lipinski definition) is 2. The van der Waals surface area contributed by atoms with Crippen molar-refractivity contribution in [2.24, 2.45) is 0 Å². The Morgan fingerprint density at radius 3 is 2.60 bits per heavy atom. The first-order valence-electron chi connectivity index (χ1n) is 14.4. The van der Waals surface area contributed by atoms with Crippen LogP contribution in [-0.2, 0) is 17.6 Å². The van der Waals surface area contributed by atoms with Gasteiger partial charge in [-0.15, -0.1) is 0 Å². The molecule has 3 aromatic heterocycles. The SMILES string of the molecule is CCCc1c(Cc2ccc(-c3ccccc3-c3noc(=O)[nH]3)cc2F)c(=O)n([C@H]2C[C@@H](OCC(C)(C)O)C2)c2ncnn12. The molecule has 5 aromatic rings. The van der Waals surface area contributed by atoms with E-state index in [2.05, 4.69) is 24.7 Å². The molecule has 0 radical (unpaired) electrons. The third-order valence-corrected chi connectivity index (χ3v) is 7.77. The van der Waals surface area contributed by atoms with Gasteiger partial charge in [-0.2, -0.15) is 10.1 Å². The van der Waals surface area contributed by atoms with Gasteiger partial charge in [0.15, 0.2) is 5.82 Å². The summed E-state index contributed by atoms with van der Waals surface area (Å²) in [5.41, 5.74) is 2.27. The summed E-state index contributed by atoms with van der Waals surface area (Å²) >= 11 is 0. The highest BCUT2D eigenvalue weighted by Crippen LogP contribution is 2.36. The van der Waals surface area contributed by atoms with E-state index in [1.807, 2.05) is 19.1 Å². The monoisotopic (exact) mass is 588 g/mol. The second-order valence-electron chi connectivity index (χ2n) is 11.7. The lowest BCUT2D eigenvalue weighted by atomic mass is 9.88. The van der Waals surface area contributed by atoms with Crippen LogP contribution >= 0.6 is 0 Å². The van der Waals surface area contributed by atoms with E-state index >= 15 is 4.39 Å². The van der Waals surface area contributed by atoms with Crippen molar-refractivity contribution in [2.75, 3.05) is 6.61 Å². The number of benzene rings is 2. The molecule has 224 valence electrons. The minimum absolute atomic E-state index is 0.0759. The second-order valence-corrected chi connectivity index (χ2v) is 11.7. The first-order valence-corrected chi connectivity index (χ1v) is 14.4. The molecule has 0 unspecified atom stereocenters. The average Bonchev–Trinajstić information content (AvgIpc) is 3.61. The molecule has 0 aliphatic heterocycles. The van der Waals surface area contributed by atoms with Crippen LogP contribution in [0.1, 0.15) is 62.9 Å². The minimum atomic E-state index is -0.937. The van der Waals surface area contributed by atoms with Crippen LogP contribution in [0, 0.1) is 5.82 Å². The summed E-state index contributed by atoms with van der Waals surface area (Å²) in [4.78, 5) is 32.5. The number of H-pyrrole nitrogens is 1. The van der Waals surface area contributed by atoms with Crippen molar-refractivity contribution in [1.82, 2.24) is 29.3 Å². The highest BCUT2D eigenvalue weighted by molar-refractivity contribution is 5.80. The summed E-state index contributed by atoms with van der Waals surface area (Å²) in [6.07, 6.45) is 3.99. The van der Waals surface area contributed by atoms with E-state index < -0.39 is 17.2 Å². The van der Waals surface area contributed by atoms with Crippen LogP contribution in [0.25, 0.3) is 28.3 Å². The van der Waals surface area contributed by atoms with Gasteiger partial charge in [0.25, 0.3) is 5.56 Å². The molecule has 2 N–H and O–H groups in total. The van der Waals surface area contributed by atoms with Crippen LogP contribution in [0.4, 0.5) is 4.39 Å². The summed E-state index contributed by atoms with van der Waals surface area (Å²) in [5, 5.41) is 18.2. The number of ether oxygens (including phenoxy) is 1. The van der Waals surface area contributed by atoms with E-state index in [-0.39, 0.29) is 36.6 Å². The summed E-state index contributed by atoms with van der Waals surface area (Å²) < 4.78 is 29.6. The molecule has 0 atom stereocenters. The Hall–Kier alpha value is -4.42. The Labute approximate surface area is 246 Å². The summed E-state index contributed by atoms with van der Waals surface area (Å²) in [6.45, 7) is 5.60. The van der Waals surface area contributed by atoms with Crippen molar-refractivity contribution in [3.8, 4) is 22.5 Å². The number of nitrogens with zero attached hydrogens (tertiary/aromatic N) is 5. The van der Waals surface area contributed by atoms with Crippen LogP contribution in [-0.4, -0.2) is 52.7 Å². The lowest BCUT2D eigenvalue weighted by Crippen LogP contribution is -2.42. The molecular formula is C31H33FN6O5. The van der Waals surface area contributed by atoms with E-state index in [4.69, 9.17) is 4.74 Å². The molecule has 0 saturated heterocycles.